The van der Waals surface area contributed by atoms with Crippen molar-refractivity contribution in [2.24, 2.45) is 5.41 Å². The van der Waals surface area contributed by atoms with Gasteiger partial charge in [-0.15, -0.1) is 0 Å². The van der Waals surface area contributed by atoms with Gasteiger partial charge in [-0.2, -0.15) is 0 Å². The molecular weight excluding hydrogens is 486 g/mol. The quantitative estimate of drug-likeness (QED) is 0.325. The molecule has 1 aliphatic rings. The Hall–Kier alpha value is -2.91. The fourth-order valence-corrected chi connectivity index (χ4v) is 5.20. The van der Waals surface area contributed by atoms with Crippen LogP contribution in [0.1, 0.15) is 43.0 Å². The van der Waals surface area contributed by atoms with Crippen LogP contribution in [-0.4, -0.2) is 54.9 Å². The van der Waals surface area contributed by atoms with E-state index in [1.54, 1.807) is 19.4 Å². The number of hydrogen-bond acceptors (Lipinski definition) is 5. The Balaban J connectivity index is 1.33. The number of aliphatic hydroxyl groups is 1. The minimum atomic E-state index is -1.20. The number of methoxy groups -OCH3 is 1. The SMILES string of the molecule is COc1ccc2ncc(C)c([C@@H](F)CCC3(CO)CCN(CCNc4c(F)cc(F)cc4F)CC3)c2c1. The number of fused-ring (bicyclic) bond motifs is 1. The zero-order valence-corrected chi connectivity index (χ0v) is 21.2. The molecule has 2 N–H and O–H groups in total. The number of benzene rings is 2. The summed E-state index contributed by atoms with van der Waals surface area (Å²) in [6.45, 7) is 4.01. The van der Waals surface area contributed by atoms with Crippen LogP contribution in [0.2, 0.25) is 0 Å². The van der Waals surface area contributed by atoms with Gasteiger partial charge in [-0.3, -0.25) is 4.98 Å². The van der Waals surface area contributed by atoms with E-state index >= 15 is 4.39 Å². The van der Waals surface area contributed by atoms with Gasteiger partial charge < -0.3 is 20.1 Å². The van der Waals surface area contributed by atoms with Crippen molar-refractivity contribution < 1.29 is 27.4 Å². The van der Waals surface area contributed by atoms with Crippen LogP contribution in [0.4, 0.5) is 23.2 Å². The molecule has 1 saturated heterocycles. The van der Waals surface area contributed by atoms with E-state index in [4.69, 9.17) is 4.74 Å². The van der Waals surface area contributed by atoms with Crippen molar-refractivity contribution in [1.82, 2.24) is 9.88 Å². The summed E-state index contributed by atoms with van der Waals surface area (Å²) in [6, 6.07) is 6.73. The highest BCUT2D eigenvalue weighted by atomic mass is 19.1. The third kappa shape index (κ3) is 6.15. The maximum Gasteiger partial charge on any atom is 0.152 e. The fourth-order valence-electron chi connectivity index (χ4n) is 5.20. The lowest BCUT2D eigenvalue weighted by Crippen LogP contribution is -2.43. The van der Waals surface area contributed by atoms with Crippen LogP contribution in [0, 0.1) is 29.8 Å². The number of piperidine rings is 1. The zero-order valence-electron chi connectivity index (χ0n) is 21.2. The van der Waals surface area contributed by atoms with E-state index in [2.05, 4.69) is 15.2 Å². The number of ether oxygens (including phenoxy) is 1. The molecule has 9 heteroatoms. The third-order valence-corrected chi connectivity index (χ3v) is 7.55. The average Bonchev–Trinajstić information content (AvgIpc) is 2.89. The molecule has 0 saturated carbocycles. The summed E-state index contributed by atoms with van der Waals surface area (Å²) in [4.78, 5) is 6.55. The van der Waals surface area contributed by atoms with Crippen LogP contribution >= 0.6 is 0 Å². The van der Waals surface area contributed by atoms with Crippen LogP contribution in [-0.2, 0) is 0 Å². The molecule has 0 amide bonds. The van der Waals surface area contributed by atoms with Crippen molar-refractivity contribution in [3.8, 4) is 5.75 Å². The van der Waals surface area contributed by atoms with E-state index in [1.807, 2.05) is 19.1 Å². The van der Waals surface area contributed by atoms with Gasteiger partial charge in [-0.05, 0) is 80.4 Å². The lowest BCUT2D eigenvalue weighted by Gasteiger charge is -2.41. The minimum absolute atomic E-state index is 0.0261. The number of halogens is 4. The topological polar surface area (TPSA) is 57.6 Å². The second-order valence-corrected chi connectivity index (χ2v) is 9.92. The van der Waals surface area contributed by atoms with Crippen molar-refractivity contribution in [1.29, 1.82) is 0 Å². The summed E-state index contributed by atoms with van der Waals surface area (Å²) in [7, 11) is 1.57. The number of pyridine rings is 1. The molecule has 2 aromatic carbocycles. The van der Waals surface area contributed by atoms with Crippen LogP contribution in [0.15, 0.2) is 36.5 Å². The normalized spacial score (nSPS) is 16.6. The molecule has 0 radical (unpaired) electrons. The lowest BCUT2D eigenvalue weighted by molar-refractivity contribution is 0.0315. The molecular formula is C28H33F4N3O2. The van der Waals surface area contributed by atoms with E-state index in [0.29, 0.717) is 67.9 Å². The van der Waals surface area contributed by atoms with Gasteiger partial charge in [0.1, 0.15) is 23.4 Å². The first-order chi connectivity index (χ1) is 17.7. The first-order valence-electron chi connectivity index (χ1n) is 12.5. The number of aryl methyl sites for hydroxylation is 1. The van der Waals surface area contributed by atoms with E-state index in [-0.39, 0.29) is 30.7 Å². The highest BCUT2D eigenvalue weighted by Crippen LogP contribution is 2.41. The monoisotopic (exact) mass is 519 g/mol. The highest BCUT2D eigenvalue weighted by molar-refractivity contribution is 5.84. The number of nitrogens with zero attached hydrogens (tertiary/aromatic N) is 2. The predicted octanol–water partition coefficient (Wildman–Crippen LogP) is 5.95. The molecule has 4 rings (SSSR count). The van der Waals surface area contributed by atoms with Gasteiger partial charge in [0, 0.05) is 43.4 Å². The Morgan fingerprint density at radius 2 is 1.84 bits per heavy atom. The first kappa shape index (κ1) is 27.1. The number of alkyl halides is 1. The number of aliphatic hydroxyl groups excluding tert-OH is 1. The second-order valence-electron chi connectivity index (χ2n) is 9.92. The summed E-state index contributed by atoms with van der Waals surface area (Å²) in [5.41, 5.74) is 1.39. The molecule has 1 fully saturated rings. The summed E-state index contributed by atoms with van der Waals surface area (Å²) < 4.78 is 61.7. The van der Waals surface area contributed by atoms with Crippen LogP contribution in [0.5, 0.6) is 5.75 Å². The molecule has 0 spiro atoms. The molecule has 1 aliphatic heterocycles. The van der Waals surface area contributed by atoms with E-state index < -0.39 is 23.6 Å². The summed E-state index contributed by atoms with van der Waals surface area (Å²) in [5.74, 6) is -2.25. The van der Waals surface area contributed by atoms with Gasteiger partial charge in [0.25, 0.3) is 0 Å². The number of rotatable bonds is 10. The molecule has 37 heavy (non-hydrogen) atoms. The maximum atomic E-state index is 15.7. The van der Waals surface area contributed by atoms with Crippen LogP contribution < -0.4 is 10.1 Å². The summed E-state index contributed by atoms with van der Waals surface area (Å²) >= 11 is 0. The molecule has 1 aromatic heterocycles. The zero-order chi connectivity index (χ0) is 26.6. The number of likely N-dealkylation sites (tertiary alicyclic amines) is 1. The molecule has 0 aliphatic carbocycles. The van der Waals surface area contributed by atoms with Gasteiger partial charge in [0.2, 0.25) is 0 Å². The predicted molar refractivity (Wildman–Crippen MR) is 136 cm³/mol. The molecule has 0 bridgehead atoms. The first-order valence-corrected chi connectivity index (χ1v) is 12.5. The number of nitrogens with one attached hydrogen (secondary N) is 1. The molecule has 5 nitrogen and oxygen atoms in total. The molecule has 2 heterocycles. The molecule has 3 aromatic rings. The number of hydrogen-bond donors (Lipinski definition) is 2. The van der Waals surface area contributed by atoms with Crippen LogP contribution in [0.3, 0.4) is 0 Å². The second kappa shape index (κ2) is 11.6. The largest absolute Gasteiger partial charge is 0.497 e. The Morgan fingerprint density at radius 1 is 1.14 bits per heavy atom. The third-order valence-electron chi connectivity index (χ3n) is 7.55. The average molecular weight is 520 g/mol. The van der Waals surface area contributed by atoms with Gasteiger partial charge in [-0.1, -0.05) is 0 Å². The molecule has 1 atom stereocenters. The van der Waals surface area contributed by atoms with Crippen molar-refractivity contribution in [3.63, 3.8) is 0 Å². The van der Waals surface area contributed by atoms with Crippen LogP contribution in [0.25, 0.3) is 10.9 Å². The van der Waals surface area contributed by atoms with E-state index in [9.17, 15) is 18.3 Å². The lowest BCUT2D eigenvalue weighted by atomic mass is 9.74. The smallest absolute Gasteiger partial charge is 0.152 e. The van der Waals surface area contributed by atoms with Gasteiger partial charge >= 0.3 is 0 Å². The Kier molecular flexibility index (Phi) is 8.54. The molecule has 0 unspecified atom stereocenters. The molecule has 200 valence electrons. The Labute approximate surface area is 214 Å². The Morgan fingerprint density at radius 3 is 2.49 bits per heavy atom. The van der Waals surface area contributed by atoms with Crippen molar-refractivity contribution in [3.05, 3.63) is 65.1 Å². The van der Waals surface area contributed by atoms with E-state index in [0.717, 1.165) is 10.9 Å². The standard InChI is InChI=1S/C28H33F4N3O2/c1-18-16-34-25-4-3-20(37-2)15-21(25)26(18)22(30)5-6-28(17-36)7-10-35(11-8-28)12-9-33-27-23(31)13-19(29)14-24(27)32/h3-4,13-16,22,33,36H,5-12,17H2,1-2H3/t22-/m0/s1. The van der Waals surface area contributed by atoms with Crippen molar-refractivity contribution in [2.75, 3.05) is 45.2 Å². The number of anilines is 1. The van der Waals surface area contributed by atoms with Crippen molar-refractivity contribution >= 4 is 16.6 Å². The number of aromatic nitrogens is 1. The van der Waals surface area contributed by atoms with Gasteiger partial charge in [0.15, 0.2) is 11.6 Å². The maximum absolute atomic E-state index is 15.7. The van der Waals surface area contributed by atoms with Gasteiger partial charge in [0.05, 0.1) is 12.6 Å². The van der Waals surface area contributed by atoms with Gasteiger partial charge in [-0.25, -0.2) is 17.6 Å². The summed E-state index contributed by atoms with van der Waals surface area (Å²) in [5, 5.41) is 13.7. The highest BCUT2D eigenvalue weighted by Gasteiger charge is 2.35. The summed E-state index contributed by atoms with van der Waals surface area (Å²) in [6.07, 6.45) is 2.69. The Bertz CT molecular complexity index is 1210. The van der Waals surface area contributed by atoms with E-state index in [1.165, 1.54) is 0 Å². The fraction of sp³-hybridized carbons (Fsp3) is 0.464. The van der Waals surface area contributed by atoms with Crippen molar-refractivity contribution in [2.45, 2.75) is 38.8 Å². The minimum Gasteiger partial charge on any atom is -0.497 e.